The van der Waals surface area contributed by atoms with Gasteiger partial charge in [0.2, 0.25) is 0 Å². The Labute approximate surface area is 93.8 Å². The fourth-order valence-electron chi connectivity index (χ4n) is 0.990. The summed E-state index contributed by atoms with van der Waals surface area (Å²) < 4.78 is 58.6. The van der Waals surface area contributed by atoms with Crippen molar-refractivity contribution < 1.29 is 21.6 Å². The number of allylic oxidation sites excluding steroid dienone is 3. The van der Waals surface area contributed by atoms with Gasteiger partial charge in [-0.3, -0.25) is 0 Å². The zero-order valence-corrected chi connectivity index (χ0v) is 9.38. The molecule has 2 nitrogen and oxygen atoms in total. The molecule has 8 heteroatoms. The molecule has 1 aliphatic carbocycles. The normalized spacial score (nSPS) is 27.7. The van der Waals surface area contributed by atoms with Crippen LogP contribution in [0.1, 0.15) is 6.42 Å². The quantitative estimate of drug-likeness (QED) is 0.547. The van der Waals surface area contributed by atoms with Crippen LogP contribution in [0.4, 0.5) is 13.2 Å². The lowest BCUT2D eigenvalue weighted by Gasteiger charge is -2.27. The van der Waals surface area contributed by atoms with Crippen LogP contribution >= 0.6 is 22.3 Å². The van der Waals surface area contributed by atoms with Crippen LogP contribution < -0.4 is 0 Å². The molecule has 0 aliphatic heterocycles. The first-order chi connectivity index (χ1) is 6.56. The molecule has 0 heterocycles. The fourth-order valence-corrected chi connectivity index (χ4v) is 1.99. The van der Waals surface area contributed by atoms with Gasteiger partial charge in [0.1, 0.15) is 0 Å². The summed E-state index contributed by atoms with van der Waals surface area (Å²) in [6.45, 7) is 0. The van der Waals surface area contributed by atoms with E-state index >= 15 is 0 Å². The highest BCUT2D eigenvalue weighted by atomic mass is 35.7. The van der Waals surface area contributed by atoms with Crippen LogP contribution in [0, 0.1) is 0 Å². The predicted octanol–water partition coefficient (Wildman–Crippen LogP) is 2.94. The van der Waals surface area contributed by atoms with Crippen LogP contribution in [0.15, 0.2) is 23.1 Å². The lowest BCUT2D eigenvalue weighted by atomic mass is 9.99. The van der Waals surface area contributed by atoms with E-state index < -0.39 is 26.5 Å². The molecule has 0 N–H and O–H groups in total. The van der Waals surface area contributed by atoms with Crippen molar-refractivity contribution in [2.75, 3.05) is 0 Å². The summed E-state index contributed by atoms with van der Waals surface area (Å²) in [5.74, 6) is 0. The SMILES string of the molecule is O=S(=O)(Cl)C1=CCC(Cl)(C(F)(F)F)C=C1. The monoisotopic (exact) mass is 280 g/mol. The van der Waals surface area contributed by atoms with E-state index in [2.05, 4.69) is 0 Å². The standard InChI is InChI=1S/C7H5Cl2F3O2S/c8-6(7(10,11)12)3-1-5(2-4-6)15(9,13)14/h1-3H,4H2. The number of alkyl halides is 4. The van der Waals surface area contributed by atoms with Crippen molar-refractivity contribution in [1.29, 1.82) is 0 Å². The summed E-state index contributed by atoms with van der Waals surface area (Å²) in [6, 6.07) is 0. The average molecular weight is 281 g/mol. The molecule has 0 aromatic carbocycles. The maximum absolute atomic E-state index is 12.4. The van der Waals surface area contributed by atoms with Crippen LogP contribution in [0.2, 0.25) is 0 Å². The first-order valence-electron chi connectivity index (χ1n) is 3.66. The molecule has 1 unspecified atom stereocenters. The molecule has 0 aromatic heterocycles. The molecule has 0 saturated carbocycles. The molecule has 15 heavy (non-hydrogen) atoms. The summed E-state index contributed by atoms with van der Waals surface area (Å²) in [5, 5.41) is 0. The molecule has 0 spiro atoms. The molecule has 0 amide bonds. The minimum absolute atomic E-state index is 0.371. The second kappa shape index (κ2) is 3.68. The molecule has 1 rings (SSSR count). The highest BCUT2D eigenvalue weighted by molar-refractivity contribution is 8.17. The molecule has 1 aliphatic rings. The van der Waals surface area contributed by atoms with Crippen LogP contribution in [0.3, 0.4) is 0 Å². The molecular weight excluding hydrogens is 276 g/mol. The zero-order valence-electron chi connectivity index (χ0n) is 7.05. The second-order valence-electron chi connectivity index (χ2n) is 2.94. The lowest BCUT2D eigenvalue weighted by molar-refractivity contribution is -0.149. The molecule has 1 atom stereocenters. The molecule has 0 saturated heterocycles. The summed E-state index contributed by atoms with van der Waals surface area (Å²) in [5.41, 5.74) is 0. The Bertz CT molecular complexity index is 424. The van der Waals surface area contributed by atoms with E-state index in [9.17, 15) is 21.6 Å². The van der Waals surface area contributed by atoms with Crippen molar-refractivity contribution in [2.24, 2.45) is 0 Å². The first-order valence-corrected chi connectivity index (χ1v) is 6.35. The highest BCUT2D eigenvalue weighted by Gasteiger charge is 2.52. The van der Waals surface area contributed by atoms with E-state index in [1.807, 2.05) is 0 Å². The lowest BCUT2D eigenvalue weighted by Crippen LogP contribution is -2.38. The van der Waals surface area contributed by atoms with Gasteiger partial charge in [-0.1, -0.05) is 12.2 Å². The van der Waals surface area contributed by atoms with Gasteiger partial charge in [-0.25, -0.2) is 8.42 Å². The fraction of sp³-hybridized carbons (Fsp3) is 0.429. The van der Waals surface area contributed by atoms with E-state index in [-0.39, 0.29) is 4.91 Å². The number of rotatable bonds is 1. The van der Waals surface area contributed by atoms with E-state index in [1.165, 1.54) is 0 Å². The van der Waals surface area contributed by atoms with Gasteiger partial charge in [0.05, 0.1) is 4.91 Å². The van der Waals surface area contributed by atoms with Crippen molar-refractivity contribution in [3.8, 4) is 0 Å². The van der Waals surface area contributed by atoms with Crippen LogP contribution in [-0.2, 0) is 9.05 Å². The van der Waals surface area contributed by atoms with Crippen molar-refractivity contribution in [3.05, 3.63) is 23.1 Å². The third-order valence-electron chi connectivity index (χ3n) is 1.86. The van der Waals surface area contributed by atoms with Gasteiger partial charge in [0, 0.05) is 10.7 Å². The zero-order chi connectivity index (χ0) is 11.9. The third kappa shape index (κ3) is 2.68. The first kappa shape index (κ1) is 12.9. The van der Waals surface area contributed by atoms with Crippen molar-refractivity contribution in [2.45, 2.75) is 17.5 Å². The van der Waals surface area contributed by atoms with Crippen molar-refractivity contribution in [1.82, 2.24) is 0 Å². The van der Waals surface area contributed by atoms with Crippen molar-refractivity contribution >= 4 is 31.3 Å². The van der Waals surface area contributed by atoms with Gasteiger partial charge in [0.25, 0.3) is 9.05 Å². The van der Waals surface area contributed by atoms with Crippen molar-refractivity contribution in [3.63, 3.8) is 0 Å². The van der Waals surface area contributed by atoms with Gasteiger partial charge in [-0.15, -0.1) is 11.6 Å². The maximum Gasteiger partial charge on any atom is 0.411 e. The molecule has 0 aromatic rings. The van der Waals surface area contributed by atoms with E-state index in [4.69, 9.17) is 22.3 Å². The topological polar surface area (TPSA) is 34.1 Å². The van der Waals surface area contributed by atoms with E-state index in [0.717, 1.165) is 12.2 Å². The summed E-state index contributed by atoms with van der Waals surface area (Å²) in [7, 11) is 0.947. The van der Waals surface area contributed by atoms with Crippen LogP contribution in [0.25, 0.3) is 0 Å². The summed E-state index contributed by atoms with van der Waals surface area (Å²) in [6.07, 6.45) is -3.10. The highest BCUT2D eigenvalue weighted by Crippen LogP contribution is 2.43. The summed E-state index contributed by atoms with van der Waals surface area (Å²) >= 11 is 5.27. The average Bonchev–Trinajstić information content (AvgIpc) is 2.01. The molecule has 0 fully saturated rings. The molecule has 0 radical (unpaired) electrons. The third-order valence-corrected chi connectivity index (χ3v) is 3.76. The molecule has 86 valence electrons. The minimum Gasteiger partial charge on any atom is -0.207 e. The minimum atomic E-state index is -4.64. The van der Waals surface area contributed by atoms with E-state index in [1.54, 1.807) is 0 Å². The van der Waals surface area contributed by atoms with Gasteiger partial charge in [-0.05, 0) is 12.5 Å². The maximum atomic E-state index is 12.4. The number of hydrogen-bond donors (Lipinski definition) is 0. The van der Waals surface area contributed by atoms with E-state index in [0.29, 0.717) is 6.08 Å². The number of halogens is 5. The smallest absolute Gasteiger partial charge is 0.207 e. The Hall–Kier alpha value is -0.200. The Morgan fingerprint density at radius 3 is 2.20 bits per heavy atom. The Morgan fingerprint density at radius 2 is 1.93 bits per heavy atom. The Morgan fingerprint density at radius 1 is 1.40 bits per heavy atom. The van der Waals surface area contributed by atoms with Gasteiger partial charge < -0.3 is 0 Å². The predicted molar refractivity (Wildman–Crippen MR) is 51.3 cm³/mol. The summed E-state index contributed by atoms with van der Waals surface area (Å²) in [4.78, 5) is -2.91. The molecule has 0 bridgehead atoms. The van der Waals surface area contributed by atoms with Gasteiger partial charge >= 0.3 is 6.18 Å². The van der Waals surface area contributed by atoms with Gasteiger partial charge in [-0.2, -0.15) is 13.2 Å². The molecular formula is C7H5Cl2F3O2S. The van der Waals surface area contributed by atoms with Gasteiger partial charge in [0.15, 0.2) is 4.87 Å². The second-order valence-corrected chi connectivity index (χ2v) is 6.18. The van der Waals surface area contributed by atoms with Crippen LogP contribution in [0.5, 0.6) is 0 Å². The Balaban J connectivity index is 3.00. The largest absolute Gasteiger partial charge is 0.411 e. The Kier molecular flexibility index (Phi) is 3.15. The van der Waals surface area contributed by atoms with Crippen LogP contribution in [-0.4, -0.2) is 19.5 Å². The number of hydrogen-bond acceptors (Lipinski definition) is 2.